The van der Waals surface area contributed by atoms with Crippen LogP contribution in [0.15, 0.2) is 21.6 Å². The minimum Gasteiger partial charge on any atom is -0.380 e. The topological polar surface area (TPSA) is 68.3 Å². The zero-order valence-electron chi connectivity index (χ0n) is 8.69. The Morgan fingerprint density at radius 3 is 3.00 bits per heavy atom. The first-order valence-corrected chi connectivity index (χ1v) is 7.55. The van der Waals surface area contributed by atoms with Crippen molar-refractivity contribution in [2.45, 2.75) is 17.4 Å². The lowest BCUT2D eigenvalue weighted by molar-refractivity contribution is 0.192. The largest absolute Gasteiger partial charge is 0.380 e. The number of hydrogen-bond donors (Lipinski definition) is 1. The van der Waals surface area contributed by atoms with Crippen LogP contribution < -0.4 is 4.72 Å². The van der Waals surface area contributed by atoms with E-state index in [-0.39, 0.29) is 16.1 Å². The van der Waals surface area contributed by atoms with E-state index in [0.717, 1.165) is 0 Å². The first kappa shape index (κ1) is 13.2. The molecule has 1 aliphatic rings. The zero-order chi connectivity index (χ0) is 12.5. The number of hydrogen-bond acceptors (Lipinski definition) is 4. The Bertz CT molecular complexity index is 517. The van der Waals surface area contributed by atoms with Gasteiger partial charge in [0, 0.05) is 23.3 Å². The van der Waals surface area contributed by atoms with Crippen molar-refractivity contribution in [1.29, 1.82) is 0 Å². The molecule has 0 aromatic carbocycles. The molecular formula is C9H10BrClN2O3S. The van der Waals surface area contributed by atoms with Crippen molar-refractivity contribution >= 4 is 37.6 Å². The lowest BCUT2D eigenvalue weighted by atomic mass is 10.3. The molecule has 94 valence electrons. The molecule has 2 rings (SSSR count). The molecule has 1 aromatic heterocycles. The molecule has 1 N–H and O–H groups in total. The number of nitrogens with one attached hydrogen (secondary N) is 1. The summed E-state index contributed by atoms with van der Waals surface area (Å²) in [5, 5.41) is -0.0420. The van der Waals surface area contributed by atoms with Gasteiger partial charge in [0.05, 0.1) is 6.61 Å². The van der Waals surface area contributed by atoms with Crippen molar-refractivity contribution in [2.75, 3.05) is 13.2 Å². The molecule has 0 radical (unpaired) electrons. The molecular weight excluding hydrogens is 332 g/mol. The molecule has 2 heterocycles. The molecule has 1 unspecified atom stereocenters. The van der Waals surface area contributed by atoms with Crippen molar-refractivity contribution in [3.05, 3.63) is 21.9 Å². The van der Waals surface area contributed by atoms with Crippen molar-refractivity contribution in [3.63, 3.8) is 0 Å². The minimum absolute atomic E-state index is 0.0274. The molecule has 0 aliphatic carbocycles. The molecule has 0 amide bonds. The van der Waals surface area contributed by atoms with Gasteiger partial charge < -0.3 is 4.74 Å². The summed E-state index contributed by atoms with van der Waals surface area (Å²) in [4.78, 5) is 3.76. The van der Waals surface area contributed by atoms with Gasteiger partial charge in [-0.05, 0) is 28.4 Å². The van der Waals surface area contributed by atoms with E-state index in [0.29, 0.717) is 24.1 Å². The predicted octanol–water partition coefficient (Wildman–Crippen LogP) is 1.56. The minimum atomic E-state index is -3.65. The standard InChI is InChI=1S/C9H10BrClN2O3S/c10-6-3-8(9(11)12-4-6)17(14,15)13-7-1-2-16-5-7/h3-4,7,13H,1-2,5H2. The Balaban J connectivity index is 2.27. The van der Waals surface area contributed by atoms with Crippen LogP contribution in [-0.2, 0) is 14.8 Å². The highest BCUT2D eigenvalue weighted by molar-refractivity contribution is 9.10. The third-order valence-electron chi connectivity index (χ3n) is 2.31. The number of ether oxygens (including phenoxy) is 1. The van der Waals surface area contributed by atoms with Crippen molar-refractivity contribution in [1.82, 2.24) is 9.71 Å². The van der Waals surface area contributed by atoms with Gasteiger partial charge in [0.15, 0.2) is 0 Å². The van der Waals surface area contributed by atoms with Gasteiger partial charge in [-0.15, -0.1) is 0 Å². The summed E-state index contributed by atoms with van der Waals surface area (Å²) in [6, 6.07) is 1.23. The third kappa shape index (κ3) is 3.17. The maximum absolute atomic E-state index is 12.0. The van der Waals surface area contributed by atoms with E-state index in [2.05, 4.69) is 25.6 Å². The average Bonchev–Trinajstić information content (AvgIpc) is 2.73. The molecule has 0 bridgehead atoms. The summed E-state index contributed by atoms with van der Waals surface area (Å²) in [7, 11) is -3.65. The second kappa shape index (κ2) is 5.19. The Morgan fingerprint density at radius 1 is 1.59 bits per heavy atom. The van der Waals surface area contributed by atoms with E-state index < -0.39 is 10.0 Å². The average molecular weight is 342 g/mol. The van der Waals surface area contributed by atoms with Crippen LogP contribution in [0, 0.1) is 0 Å². The number of rotatable bonds is 3. The molecule has 1 atom stereocenters. The van der Waals surface area contributed by atoms with Gasteiger partial charge in [-0.25, -0.2) is 18.1 Å². The molecule has 1 fully saturated rings. The van der Waals surface area contributed by atoms with E-state index >= 15 is 0 Å². The van der Waals surface area contributed by atoms with Crippen LogP contribution >= 0.6 is 27.5 Å². The molecule has 5 nitrogen and oxygen atoms in total. The smallest absolute Gasteiger partial charge is 0.244 e. The second-order valence-electron chi connectivity index (χ2n) is 3.62. The van der Waals surface area contributed by atoms with Crippen LogP contribution in [0.5, 0.6) is 0 Å². The van der Waals surface area contributed by atoms with Crippen LogP contribution in [0.25, 0.3) is 0 Å². The van der Waals surface area contributed by atoms with E-state index in [9.17, 15) is 8.42 Å². The molecule has 0 spiro atoms. The van der Waals surface area contributed by atoms with Gasteiger partial charge in [-0.1, -0.05) is 11.6 Å². The number of nitrogens with zero attached hydrogens (tertiary/aromatic N) is 1. The van der Waals surface area contributed by atoms with Crippen molar-refractivity contribution in [3.8, 4) is 0 Å². The van der Waals surface area contributed by atoms with Gasteiger partial charge in [-0.3, -0.25) is 0 Å². The van der Waals surface area contributed by atoms with Crippen LogP contribution in [0.2, 0.25) is 5.15 Å². The molecule has 1 aromatic rings. The van der Waals surface area contributed by atoms with Crippen LogP contribution in [-0.4, -0.2) is 32.7 Å². The second-order valence-corrected chi connectivity index (χ2v) is 6.58. The third-order valence-corrected chi connectivity index (χ3v) is 4.70. The summed E-state index contributed by atoms with van der Waals surface area (Å²) in [5.74, 6) is 0. The van der Waals surface area contributed by atoms with Gasteiger partial charge in [0.2, 0.25) is 10.0 Å². The van der Waals surface area contributed by atoms with Gasteiger partial charge in [0.25, 0.3) is 0 Å². The number of sulfonamides is 1. The van der Waals surface area contributed by atoms with Crippen molar-refractivity contribution < 1.29 is 13.2 Å². The maximum atomic E-state index is 12.0. The van der Waals surface area contributed by atoms with Gasteiger partial charge in [-0.2, -0.15) is 0 Å². The normalized spacial score (nSPS) is 20.7. The molecule has 1 aliphatic heterocycles. The fourth-order valence-electron chi connectivity index (χ4n) is 1.50. The monoisotopic (exact) mass is 340 g/mol. The highest BCUT2D eigenvalue weighted by Crippen LogP contribution is 2.23. The molecule has 17 heavy (non-hydrogen) atoms. The summed E-state index contributed by atoms with van der Waals surface area (Å²) in [6.07, 6.45) is 2.11. The fourth-order valence-corrected chi connectivity index (χ4v) is 3.70. The van der Waals surface area contributed by atoms with Crippen LogP contribution in [0.1, 0.15) is 6.42 Å². The summed E-state index contributed by atoms with van der Waals surface area (Å²) in [6.45, 7) is 0.954. The van der Waals surface area contributed by atoms with E-state index in [4.69, 9.17) is 16.3 Å². The quantitative estimate of drug-likeness (QED) is 0.847. The summed E-state index contributed by atoms with van der Waals surface area (Å²) >= 11 is 8.95. The summed E-state index contributed by atoms with van der Waals surface area (Å²) in [5.41, 5.74) is 0. The number of pyridine rings is 1. The van der Waals surface area contributed by atoms with Gasteiger partial charge in [0.1, 0.15) is 10.0 Å². The maximum Gasteiger partial charge on any atom is 0.244 e. The highest BCUT2D eigenvalue weighted by Gasteiger charge is 2.25. The zero-order valence-corrected chi connectivity index (χ0v) is 11.8. The predicted molar refractivity (Wildman–Crippen MR) is 66.5 cm³/mol. The van der Waals surface area contributed by atoms with Crippen molar-refractivity contribution in [2.24, 2.45) is 0 Å². The summed E-state index contributed by atoms with van der Waals surface area (Å²) < 4.78 is 32.3. The van der Waals surface area contributed by atoms with E-state index in [1.54, 1.807) is 0 Å². The van der Waals surface area contributed by atoms with E-state index in [1.807, 2.05) is 0 Å². The molecule has 0 saturated carbocycles. The Hall–Kier alpha value is -0.210. The lowest BCUT2D eigenvalue weighted by Crippen LogP contribution is -2.35. The van der Waals surface area contributed by atoms with Crippen LogP contribution in [0.4, 0.5) is 0 Å². The van der Waals surface area contributed by atoms with Gasteiger partial charge >= 0.3 is 0 Å². The first-order chi connectivity index (χ1) is 7.99. The first-order valence-electron chi connectivity index (χ1n) is 4.90. The fraction of sp³-hybridized carbons (Fsp3) is 0.444. The Labute approximate surface area is 113 Å². The highest BCUT2D eigenvalue weighted by atomic mass is 79.9. The van der Waals surface area contributed by atoms with E-state index in [1.165, 1.54) is 12.3 Å². The lowest BCUT2D eigenvalue weighted by Gasteiger charge is -2.12. The molecule has 8 heteroatoms. The Kier molecular flexibility index (Phi) is 4.04. The van der Waals surface area contributed by atoms with Crippen LogP contribution in [0.3, 0.4) is 0 Å². The number of halogens is 2. The Morgan fingerprint density at radius 2 is 2.35 bits per heavy atom. The molecule has 1 saturated heterocycles. The number of aromatic nitrogens is 1. The SMILES string of the molecule is O=S(=O)(NC1CCOC1)c1cc(Br)cnc1Cl.